The van der Waals surface area contributed by atoms with Crippen LogP contribution >= 0.6 is 0 Å². The van der Waals surface area contributed by atoms with Gasteiger partial charge in [-0.25, -0.2) is 23.1 Å². The first-order valence-electron chi connectivity index (χ1n) is 10.6. The summed E-state index contributed by atoms with van der Waals surface area (Å²) < 4.78 is 29.8. The summed E-state index contributed by atoms with van der Waals surface area (Å²) in [7, 11) is 0. The van der Waals surface area contributed by atoms with Gasteiger partial charge < -0.3 is 20.4 Å². The number of aromatic nitrogens is 3. The van der Waals surface area contributed by atoms with E-state index in [4.69, 9.17) is 0 Å². The van der Waals surface area contributed by atoms with E-state index in [1.54, 1.807) is 34.3 Å². The molecule has 1 fully saturated rings. The highest BCUT2D eigenvalue weighted by Gasteiger charge is 2.26. The molecule has 1 unspecified atom stereocenters. The van der Waals surface area contributed by atoms with Gasteiger partial charge in [-0.3, -0.25) is 4.99 Å². The number of carbonyl (C=O) groups excluding carboxylic acids is 1. The molecule has 5 rings (SSSR count). The molecule has 11 heteroatoms. The van der Waals surface area contributed by atoms with E-state index in [0.29, 0.717) is 30.2 Å². The number of urea groups is 1. The standard InChI is InChI=1S/C22H22F2N8O/c1-14-13-30(10-7-25-14)22(33)28-18-12-27-32-9-5-19(29-21(18)32)31-8-2-6-26-20(31)16-11-15(23)3-4-17(16)24/h2-6,8-9,11-12,14,20,25H,7,10,13H2,1H3,(H,28,33)/t14?,20-/m1/s1. The molecule has 2 N–H and O–H groups in total. The van der Waals surface area contributed by atoms with Gasteiger partial charge in [0.2, 0.25) is 0 Å². The molecule has 3 aromatic rings. The number of piperazine rings is 1. The number of hydrogen-bond acceptors (Lipinski definition) is 6. The maximum Gasteiger partial charge on any atom is 0.322 e. The first-order chi connectivity index (χ1) is 16.0. The molecule has 0 spiro atoms. The van der Waals surface area contributed by atoms with Gasteiger partial charge in [0.05, 0.1) is 6.20 Å². The fourth-order valence-corrected chi connectivity index (χ4v) is 3.96. The summed E-state index contributed by atoms with van der Waals surface area (Å²) in [6.07, 6.45) is 7.30. The summed E-state index contributed by atoms with van der Waals surface area (Å²) in [5.41, 5.74) is 0.962. The van der Waals surface area contributed by atoms with Crippen molar-refractivity contribution >= 4 is 29.4 Å². The van der Waals surface area contributed by atoms with Gasteiger partial charge in [0, 0.05) is 49.9 Å². The second-order valence-electron chi connectivity index (χ2n) is 7.93. The number of nitrogens with one attached hydrogen (secondary N) is 2. The summed E-state index contributed by atoms with van der Waals surface area (Å²) in [6.45, 7) is 3.95. The van der Waals surface area contributed by atoms with Gasteiger partial charge in [0.25, 0.3) is 0 Å². The number of amides is 2. The predicted octanol–water partition coefficient (Wildman–Crippen LogP) is 2.94. The van der Waals surface area contributed by atoms with Crippen molar-refractivity contribution in [2.24, 2.45) is 4.99 Å². The molecule has 2 aromatic heterocycles. The van der Waals surface area contributed by atoms with Gasteiger partial charge in [0.15, 0.2) is 11.8 Å². The van der Waals surface area contributed by atoms with Crippen LogP contribution in [0.3, 0.4) is 0 Å². The smallest absolute Gasteiger partial charge is 0.322 e. The molecular weight excluding hydrogens is 430 g/mol. The van der Waals surface area contributed by atoms with Gasteiger partial charge in [-0.2, -0.15) is 5.10 Å². The summed E-state index contributed by atoms with van der Waals surface area (Å²) in [4.78, 5) is 25.1. The lowest BCUT2D eigenvalue weighted by atomic mass is 10.1. The van der Waals surface area contributed by atoms with Gasteiger partial charge in [-0.1, -0.05) is 0 Å². The van der Waals surface area contributed by atoms with Crippen molar-refractivity contribution in [1.29, 1.82) is 0 Å². The number of allylic oxidation sites excluding steroid dienone is 1. The Morgan fingerprint density at radius 2 is 2.15 bits per heavy atom. The summed E-state index contributed by atoms with van der Waals surface area (Å²) >= 11 is 0. The van der Waals surface area contributed by atoms with Crippen LogP contribution in [0.25, 0.3) is 5.65 Å². The van der Waals surface area contributed by atoms with Crippen molar-refractivity contribution in [2.45, 2.75) is 19.1 Å². The fraction of sp³-hybridized carbons (Fsp3) is 0.273. The Morgan fingerprint density at radius 3 is 3.00 bits per heavy atom. The molecule has 33 heavy (non-hydrogen) atoms. The van der Waals surface area contributed by atoms with E-state index < -0.39 is 17.8 Å². The van der Waals surface area contributed by atoms with Crippen LogP contribution in [0, 0.1) is 11.6 Å². The molecule has 4 heterocycles. The van der Waals surface area contributed by atoms with Crippen LogP contribution in [0.5, 0.6) is 0 Å². The lowest BCUT2D eigenvalue weighted by Crippen LogP contribution is -2.52. The van der Waals surface area contributed by atoms with Crippen molar-refractivity contribution in [2.75, 3.05) is 29.9 Å². The number of nitrogens with zero attached hydrogens (tertiary/aromatic N) is 6. The normalized spacial score (nSPS) is 20.5. The Kier molecular flexibility index (Phi) is 5.47. The van der Waals surface area contributed by atoms with Crippen molar-refractivity contribution < 1.29 is 13.6 Å². The van der Waals surface area contributed by atoms with E-state index in [0.717, 1.165) is 24.7 Å². The Labute approximate surface area is 188 Å². The molecule has 170 valence electrons. The number of benzene rings is 1. The molecule has 0 saturated carbocycles. The topological polar surface area (TPSA) is 90.2 Å². The molecule has 0 aliphatic carbocycles. The quantitative estimate of drug-likeness (QED) is 0.638. The van der Waals surface area contributed by atoms with Crippen LogP contribution < -0.4 is 15.5 Å². The van der Waals surface area contributed by atoms with Crippen LogP contribution in [0.15, 0.2) is 53.9 Å². The number of anilines is 2. The third kappa shape index (κ3) is 4.14. The Hall–Kier alpha value is -3.86. The summed E-state index contributed by atoms with van der Waals surface area (Å²) in [6, 6.07) is 4.95. The van der Waals surface area contributed by atoms with Gasteiger partial charge in [0.1, 0.15) is 23.1 Å². The maximum atomic E-state index is 14.5. The zero-order chi connectivity index (χ0) is 22.9. The molecule has 0 bridgehead atoms. The third-order valence-electron chi connectivity index (χ3n) is 5.58. The number of hydrogen-bond donors (Lipinski definition) is 2. The zero-order valence-electron chi connectivity index (χ0n) is 17.8. The fourth-order valence-electron chi connectivity index (χ4n) is 3.96. The first kappa shape index (κ1) is 21.0. The second-order valence-corrected chi connectivity index (χ2v) is 7.93. The molecule has 2 amide bonds. The van der Waals surface area contributed by atoms with Crippen LogP contribution in [-0.4, -0.2) is 57.4 Å². The Balaban J connectivity index is 1.45. The number of carbonyl (C=O) groups is 1. The molecule has 1 aromatic carbocycles. The number of halogens is 2. The molecule has 2 aliphatic rings. The van der Waals surface area contributed by atoms with Crippen molar-refractivity contribution in [3.8, 4) is 0 Å². The highest BCUT2D eigenvalue weighted by atomic mass is 19.1. The third-order valence-corrected chi connectivity index (χ3v) is 5.58. The van der Waals surface area contributed by atoms with Crippen LogP contribution in [0.2, 0.25) is 0 Å². The van der Waals surface area contributed by atoms with Crippen molar-refractivity contribution in [3.05, 3.63) is 66.1 Å². The summed E-state index contributed by atoms with van der Waals surface area (Å²) in [5, 5.41) is 10.4. The molecule has 9 nitrogen and oxygen atoms in total. The van der Waals surface area contributed by atoms with Crippen molar-refractivity contribution in [3.63, 3.8) is 0 Å². The average molecular weight is 452 g/mol. The number of aliphatic imine (C=N–C) groups is 1. The maximum absolute atomic E-state index is 14.5. The predicted molar refractivity (Wildman–Crippen MR) is 120 cm³/mol. The lowest BCUT2D eigenvalue weighted by molar-refractivity contribution is 0.192. The van der Waals surface area contributed by atoms with Gasteiger partial charge >= 0.3 is 6.03 Å². The first-order valence-corrected chi connectivity index (χ1v) is 10.6. The van der Waals surface area contributed by atoms with Crippen LogP contribution in [0.4, 0.5) is 25.1 Å². The minimum Gasteiger partial charge on any atom is -0.322 e. The SMILES string of the molecule is CC1CN(C(=O)Nc2cnn3ccc(N4C=CC=N[C@H]4c4cc(F)ccc4F)nc23)CCN1. The molecule has 2 atom stereocenters. The van der Waals surface area contributed by atoms with E-state index in [-0.39, 0.29) is 17.6 Å². The minimum atomic E-state index is -0.830. The summed E-state index contributed by atoms with van der Waals surface area (Å²) in [5.74, 6) is -0.680. The molecule has 2 aliphatic heterocycles. The molecule has 1 saturated heterocycles. The van der Waals surface area contributed by atoms with E-state index in [1.165, 1.54) is 16.9 Å². The van der Waals surface area contributed by atoms with E-state index in [2.05, 4.69) is 25.7 Å². The molecular formula is C22H22F2N8O. The lowest BCUT2D eigenvalue weighted by Gasteiger charge is -2.31. The zero-order valence-corrected chi connectivity index (χ0v) is 17.8. The Bertz CT molecular complexity index is 1260. The van der Waals surface area contributed by atoms with E-state index in [1.807, 2.05) is 6.92 Å². The minimum absolute atomic E-state index is 0.0899. The second kappa shape index (κ2) is 8.58. The van der Waals surface area contributed by atoms with Crippen LogP contribution in [-0.2, 0) is 0 Å². The largest absolute Gasteiger partial charge is 0.322 e. The van der Waals surface area contributed by atoms with E-state index in [9.17, 15) is 13.6 Å². The highest BCUT2D eigenvalue weighted by Crippen LogP contribution is 2.32. The average Bonchev–Trinajstić information content (AvgIpc) is 3.22. The highest BCUT2D eigenvalue weighted by molar-refractivity contribution is 5.93. The number of rotatable bonds is 3. The Morgan fingerprint density at radius 1 is 1.27 bits per heavy atom. The van der Waals surface area contributed by atoms with Crippen LogP contribution in [0.1, 0.15) is 18.7 Å². The van der Waals surface area contributed by atoms with E-state index >= 15 is 0 Å². The number of fused-ring (bicyclic) bond motifs is 1. The monoisotopic (exact) mass is 452 g/mol. The van der Waals surface area contributed by atoms with Gasteiger partial charge in [-0.15, -0.1) is 0 Å². The molecule has 0 radical (unpaired) electrons. The van der Waals surface area contributed by atoms with Crippen molar-refractivity contribution in [1.82, 2.24) is 24.8 Å². The van der Waals surface area contributed by atoms with Gasteiger partial charge in [-0.05, 0) is 37.3 Å².